The zero-order valence-electron chi connectivity index (χ0n) is 14.8. The van der Waals surface area contributed by atoms with Gasteiger partial charge in [-0.3, -0.25) is 4.79 Å². The molecule has 1 heterocycles. The summed E-state index contributed by atoms with van der Waals surface area (Å²) in [7, 11) is 0. The number of nitrogens with one attached hydrogen (secondary N) is 2. The third-order valence-corrected chi connectivity index (χ3v) is 4.39. The Morgan fingerprint density at radius 1 is 1.38 bits per heavy atom. The van der Waals surface area contributed by atoms with E-state index in [2.05, 4.69) is 30.5 Å². The maximum absolute atomic E-state index is 12.2. The molecule has 1 saturated heterocycles. The van der Waals surface area contributed by atoms with Crippen molar-refractivity contribution in [1.82, 2.24) is 10.6 Å². The van der Waals surface area contributed by atoms with Gasteiger partial charge in [0.1, 0.15) is 5.75 Å². The molecule has 2 rings (SSSR count). The van der Waals surface area contributed by atoms with E-state index >= 15 is 0 Å². The van der Waals surface area contributed by atoms with Gasteiger partial charge in [-0.1, -0.05) is 26.0 Å². The van der Waals surface area contributed by atoms with E-state index in [9.17, 15) is 9.90 Å². The van der Waals surface area contributed by atoms with Gasteiger partial charge in [0.15, 0.2) is 6.10 Å². The van der Waals surface area contributed by atoms with Crippen LogP contribution in [0.15, 0.2) is 18.2 Å². The van der Waals surface area contributed by atoms with Crippen LogP contribution in [0.1, 0.15) is 37.8 Å². The second kappa shape index (κ2) is 9.25. The Morgan fingerprint density at radius 3 is 2.67 bits per heavy atom. The first kappa shape index (κ1) is 20.7. The van der Waals surface area contributed by atoms with Gasteiger partial charge in [-0.25, -0.2) is 0 Å². The average molecular weight is 357 g/mol. The van der Waals surface area contributed by atoms with Gasteiger partial charge < -0.3 is 20.5 Å². The van der Waals surface area contributed by atoms with E-state index in [1.165, 1.54) is 5.56 Å². The minimum atomic E-state index is -0.567. The Labute approximate surface area is 150 Å². The molecule has 0 spiro atoms. The largest absolute Gasteiger partial charge is 0.481 e. The molecule has 0 saturated carbocycles. The molecule has 1 aromatic rings. The van der Waals surface area contributed by atoms with Gasteiger partial charge in [-0.2, -0.15) is 0 Å². The molecule has 0 aromatic heterocycles. The monoisotopic (exact) mass is 356 g/mol. The average Bonchev–Trinajstić information content (AvgIpc) is 2.91. The Bertz CT molecular complexity index is 551. The Kier molecular flexibility index (Phi) is 8.00. The van der Waals surface area contributed by atoms with Crippen LogP contribution in [0.25, 0.3) is 0 Å². The van der Waals surface area contributed by atoms with Crippen LogP contribution in [-0.2, 0) is 4.79 Å². The highest BCUT2D eigenvalue weighted by Crippen LogP contribution is 2.25. The number of ether oxygens (including phenoxy) is 1. The van der Waals surface area contributed by atoms with Crippen LogP contribution < -0.4 is 15.4 Å². The van der Waals surface area contributed by atoms with Crippen molar-refractivity contribution >= 4 is 18.3 Å². The number of β-amino-alcohol motifs (C(OH)–C–C–N with tert-alkyl or cyclic N) is 1. The van der Waals surface area contributed by atoms with Crippen molar-refractivity contribution in [2.75, 3.05) is 19.6 Å². The van der Waals surface area contributed by atoms with Crippen LogP contribution in [-0.4, -0.2) is 42.9 Å². The molecule has 1 aliphatic heterocycles. The lowest BCUT2D eigenvalue weighted by molar-refractivity contribution is -0.127. The van der Waals surface area contributed by atoms with E-state index in [4.69, 9.17) is 4.74 Å². The quantitative estimate of drug-likeness (QED) is 0.729. The lowest BCUT2D eigenvalue weighted by Gasteiger charge is -2.19. The summed E-state index contributed by atoms with van der Waals surface area (Å²) in [5.74, 6) is 1.08. The van der Waals surface area contributed by atoms with E-state index in [-0.39, 0.29) is 24.2 Å². The van der Waals surface area contributed by atoms with Gasteiger partial charge in [0.05, 0.1) is 6.10 Å². The van der Waals surface area contributed by atoms with Crippen molar-refractivity contribution in [3.05, 3.63) is 29.3 Å². The predicted molar refractivity (Wildman–Crippen MR) is 98.0 cm³/mol. The molecule has 0 aliphatic carbocycles. The lowest BCUT2D eigenvalue weighted by atomic mass is 10.0. The smallest absolute Gasteiger partial charge is 0.260 e. The molecule has 24 heavy (non-hydrogen) atoms. The number of hydrogen-bond acceptors (Lipinski definition) is 4. The number of rotatable bonds is 6. The highest BCUT2D eigenvalue weighted by Gasteiger charge is 2.26. The summed E-state index contributed by atoms with van der Waals surface area (Å²) in [6.07, 6.45) is -0.959. The zero-order valence-corrected chi connectivity index (χ0v) is 15.7. The second-order valence-corrected chi connectivity index (χ2v) is 6.67. The van der Waals surface area contributed by atoms with Gasteiger partial charge >= 0.3 is 0 Å². The van der Waals surface area contributed by atoms with Gasteiger partial charge in [-0.15, -0.1) is 12.4 Å². The summed E-state index contributed by atoms with van der Waals surface area (Å²) in [5, 5.41) is 15.7. The standard InChI is InChI=1S/C18H28N2O3.ClH/c1-11(2)14-6-5-12(3)17(7-14)23-13(4)18(22)20-9-15-8-19-10-16(15)21;/h5-7,11,13,15-16,19,21H,8-10H2,1-4H3,(H,20,22);1H. The first-order valence-electron chi connectivity index (χ1n) is 8.32. The summed E-state index contributed by atoms with van der Waals surface area (Å²) >= 11 is 0. The molecule has 0 radical (unpaired) electrons. The fourth-order valence-electron chi connectivity index (χ4n) is 2.65. The SMILES string of the molecule is Cc1ccc(C(C)C)cc1OC(C)C(=O)NCC1CNCC1O.Cl. The summed E-state index contributed by atoms with van der Waals surface area (Å²) in [6, 6.07) is 6.12. The predicted octanol–water partition coefficient (Wildman–Crippen LogP) is 2.00. The third-order valence-electron chi connectivity index (χ3n) is 4.39. The molecule has 3 unspecified atom stereocenters. The van der Waals surface area contributed by atoms with Gasteiger partial charge in [0, 0.05) is 25.6 Å². The fourth-order valence-corrected chi connectivity index (χ4v) is 2.65. The van der Waals surface area contributed by atoms with Crippen molar-refractivity contribution in [3.63, 3.8) is 0 Å². The topological polar surface area (TPSA) is 70.6 Å². The number of hydrogen-bond donors (Lipinski definition) is 3. The van der Waals surface area contributed by atoms with E-state index in [0.717, 1.165) is 17.9 Å². The van der Waals surface area contributed by atoms with Crippen molar-refractivity contribution in [3.8, 4) is 5.75 Å². The van der Waals surface area contributed by atoms with E-state index < -0.39 is 12.2 Å². The number of benzene rings is 1. The van der Waals surface area contributed by atoms with Crippen LogP contribution in [0.5, 0.6) is 5.75 Å². The Balaban J connectivity index is 0.00000288. The number of aliphatic hydroxyl groups excluding tert-OH is 1. The van der Waals surface area contributed by atoms with Crippen LogP contribution in [0.2, 0.25) is 0 Å². The molecular weight excluding hydrogens is 328 g/mol. The van der Waals surface area contributed by atoms with Crippen molar-refractivity contribution in [2.45, 2.75) is 45.8 Å². The minimum absolute atomic E-state index is 0. The van der Waals surface area contributed by atoms with Crippen molar-refractivity contribution in [2.24, 2.45) is 5.92 Å². The van der Waals surface area contributed by atoms with Crippen LogP contribution >= 0.6 is 12.4 Å². The fraction of sp³-hybridized carbons (Fsp3) is 0.611. The molecule has 1 fully saturated rings. The maximum atomic E-state index is 12.2. The molecule has 3 atom stereocenters. The summed E-state index contributed by atoms with van der Waals surface area (Å²) in [6.45, 7) is 9.77. The van der Waals surface area contributed by atoms with Crippen LogP contribution in [0.3, 0.4) is 0 Å². The highest BCUT2D eigenvalue weighted by molar-refractivity contribution is 5.85. The lowest BCUT2D eigenvalue weighted by Crippen LogP contribution is -2.41. The summed E-state index contributed by atoms with van der Waals surface area (Å²) in [4.78, 5) is 12.2. The number of carbonyl (C=O) groups is 1. The molecule has 5 nitrogen and oxygen atoms in total. The first-order valence-corrected chi connectivity index (χ1v) is 8.32. The van der Waals surface area contributed by atoms with E-state index in [0.29, 0.717) is 19.0 Å². The minimum Gasteiger partial charge on any atom is -0.481 e. The highest BCUT2D eigenvalue weighted by atomic mass is 35.5. The Morgan fingerprint density at radius 2 is 2.08 bits per heavy atom. The Hall–Kier alpha value is -1.30. The molecule has 1 amide bonds. The second-order valence-electron chi connectivity index (χ2n) is 6.67. The number of aryl methyl sites for hydroxylation is 1. The van der Waals surface area contributed by atoms with Gasteiger partial charge in [0.25, 0.3) is 5.91 Å². The van der Waals surface area contributed by atoms with Crippen LogP contribution in [0, 0.1) is 12.8 Å². The van der Waals surface area contributed by atoms with E-state index in [1.54, 1.807) is 6.92 Å². The van der Waals surface area contributed by atoms with Crippen molar-refractivity contribution < 1.29 is 14.6 Å². The van der Waals surface area contributed by atoms with Gasteiger partial charge in [0.2, 0.25) is 0 Å². The number of carbonyl (C=O) groups excluding carboxylic acids is 1. The molecule has 136 valence electrons. The molecule has 1 aliphatic rings. The normalized spacial score (nSPS) is 21.2. The summed E-state index contributed by atoms with van der Waals surface area (Å²) in [5.41, 5.74) is 2.21. The number of amides is 1. The first-order chi connectivity index (χ1) is 10.9. The van der Waals surface area contributed by atoms with E-state index in [1.807, 2.05) is 19.1 Å². The molecule has 6 heteroatoms. The van der Waals surface area contributed by atoms with Crippen molar-refractivity contribution in [1.29, 1.82) is 0 Å². The summed E-state index contributed by atoms with van der Waals surface area (Å²) < 4.78 is 5.85. The molecule has 1 aromatic carbocycles. The zero-order chi connectivity index (χ0) is 17.0. The van der Waals surface area contributed by atoms with Gasteiger partial charge in [-0.05, 0) is 37.0 Å². The molecule has 3 N–H and O–H groups in total. The maximum Gasteiger partial charge on any atom is 0.260 e. The number of halogens is 1. The third kappa shape index (κ3) is 5.36. The van der Waals surface area contributed by atoms with Crippen LogP contribution in [0.4, 0.5) is 0 Å². The molecular formula is C18H29ClN2O3. The number of aliphatic hydroxyl groups is 1. The molecule has 0 bridgehead atoms.